The van der Waals surface area contributed by atoms with E-state index in [-0.39, 0.29) is 23.5 Å². The van der Waals surface area contributed by atoms with Gasteiger partial charge in [0, 0.05) is 18.8 Å². The van der Waals surface area contributed by atoms with Crippen LogP contribution in [-0.4, -0.2) is 48.4 Å². The molecule has 0 heterocycles. The van der Waals surface area contributed by atoms with E-state index in [1.165, 1.54) is 6.07 Å². The minimum Gasteiger partial charge on any atom is -0.482 e. The van der Waals surface area contributed by atoms with Crippen LogP contribution in [-0.2, 0) is 9.59 Å². The van der Waals surface area contributed by atoms with E-state index >= 15 is 0 Å². The van der Waals surface area contributed by atoms with Crippen molar-refractivity contribution in [2.75, 3.05) is 25.0 Å². The number of carbonyl (C=O) groups is 3. The van der Waals surface area contributed by atoms with Gasteiger partial charge in [0.1, 0.15) is 11.8 Å². The van der Waals surface area contributed by atoms with Crippen molar-refractivity contribution in [3.05, 3.63) is 58.1 Å². The molecule has 0 aliphatic heterocycles. The summed E-state index contributed by atoms with van der Waals surface area (Å²) in [5.41, 5.74) is 0.728. The predicted molar refractivity (Wildman–Crippen MR) is 131 cm³/mol. The lowest BCUT2D eigenvalue weighted by molar-refractivity contribution is -0.133. The summed E-state index contributed by atoms with van der Waals surface area (Å²) >= 11 is 12.4. The highest BCUT2D eigenvalue weighted by atomic mass is 35.5. The molecule has 2 rings (SSSR count). The maximum Gasteiger partial charge on any atom is 0.260 e. The first-order chi connectivity index (χ1) is 15.7. The van der Waals surface area contributed by atoms with Crippen LogP contribution in [0.1, 0.15) is 38.1 Å². The summed E-state index contributed by atoms with van der Waals surface area (Å²) in [6, 6.07) is 10.6. The molecule has 0 saturated carbocycles. The van der Waals surface area contributed by atoms with E-state index in [0.717, 1.165) is 0 Å². The van der Waals surface area contributed by atoms with Crippen molar-refractivity contribution in [2.45, 2.75) is 33.7 Å². The Labute approximate surface area is 204 Å². The zero-order valence-corrected chi connectivity index (χ0v) is 20.7. The van der Waals surface area contributed by atoms with Crippen LogP contribution in [0, 0.1) is 5.92 Å². The van der Waals surface area contributed by atoms with Gasteiger partial charge in [0.15, 0.2) is 6.61 Å². The second-order valence-electron chi connectivity index (χ2n) is 7.66. The number of rotatable bonds is 10. The average Bonchev–Trinajstić information content (AvgIpc) is 2.77. The molecule has 9 heteroatoms. The van der Waals surface area contributed by atoms with E-state index in [1.54, 1.807) is 41.3 Å². The number of likely N-dealkylation sites (N-methyl/N-ethyl adjacent to an activating group) is 1. The van der Waals surface area contributed by atoms with Gasteiger partial charge in [0.05, 0.1) is 15.6 Å². The average molecular weight is 494 g/mol. The molecule has 3 amide bonds. The van der Waals surface area contributed by atoms with Gasteiger partial charge >= 0.3 is 0 Å². The molecular formula is C24H29Cl2N3O4. The lowest BCUT2D eigenvalue weighted by Crippen LogP contribution is -2.47. The fourth-order valence-electron chi connectivity index (χ4n) is 3.12. The van der Waals surface area contributed by atoms with Crippen LogP contribution in [0.25, 0.3) is 0 Å². The van der Waals surface area contributed by atoms with Crippen molar-refractivity contribution in [3.8, 4) is 5.75 Å². The molecule has 0 radical (unpaired) electrons. The number of benzene rings is 2. The van der Waals surface area contributed by atoms with Crippen LogP contribution in [0.15, 0.2) is 42.5 Å². The maximum absolute atomic E-state index is 12.9. The number of nitrogens with zero attached hydrogens (tertiary/aromatic N) is 1. The number of carbonyl (C=O) groups excluding carboxylic acids is 3. The maximum atomic E-state index is 12.9. The lowest BCUT2D eigenvalue weighted by Gasteiger charge is -2.22. The highest BCUT2D eigenvalue weighted by Gasteiger charge is 2.25. The first-order valence-corrected chi connectivity index (χ1v) is 11.5. The largest absolute Gasteiger partial charge is 0.482 e. The van der Waals surface area contributed by atoms with Crippen molar-refractivity contribution in [3.63, 3.8) is 0 Å². The van der Waals surface area contributed by atoms with Crippen molar-refractivity contribution >= 4 is 46.6 Å². The Balaban J connectivity index is 2.05. The Hall–Kier alpha value is -2.77. The number of hydrogen-bond acceptors (Lipinski definition) is 4. The van der Waals surface area contributed by atoms with Crippen LogP contribution >= 0.6 is 23.2 Å². The Morgan fingerprint density at radius 1 is 1.00 bits per heavy atom. The Morgan fingerprint density at radius 2 is 1.67 bits per heavy atom. The van der Waals surface area contributed by atoms with Crippen LogP contribution < -0.4 is 15.4 Å². The molecule has 1 atom stereocenters. The molecule has 0 spiro atoms. The number of ether oxygens (including phenoxy) is 1. The Kier molecular flexibility index (Phi) is 10.0. The van der Waals surface area contributed by atoms with Gasteiger partial charge in [-0.2, -0.15) is 0 Å². The molecule has 33 heavy (non-hydrogen) atoms. The normalized spacial score (nSPS) is 11.6. The van der Waals surface area contributed by atoms with E-state index in [4.69, 9.17) is 27.9 Å². The van der Waals surface area contributed by atoms with Gasteiger partial charge < -0.3 is 20.3 Å². The molecule has 0 fully saturated rings. The predicted octanol–water partition coefficient (Wildman–Crippen LogP) is 4.63. The van der Waals surface area contributed by atoms with Crippen molar-refractivity contribution in [2.24, 2.45) is 5.92 Å². The topological polar surface area (TPSA) is 87.7 Å². The summed E-state index contributed by atoms with van der Waals surface area (Å²) in [5.74, 6) is -0.813. The molecule has 0 aliphatic carbocycles. The second-order valence-corrected chi connectivity index (χ2v) is 8.48. The summed E-state index contributed by atoms with van der Waals surface area (Å²) < 4.78 is 5.54. The van der Waals surface area contributed by atoms with Crippen LogP contribution in [0.5, 0.6) is 5.75 Å². The van der Waals surface area contributed by atoms with Gasteiger partial charge in [-0.15, -0.1) is 0 Å². The standard InChI is InChI=1S/C24H29Cl2N3O4/c1-5-29(6-2)21(30)14-33-20-12-11-16(13-19(20)26)27-24(32)22(15(3)4)28-23(31)17-9-7-8-10-18(17)25/h7-13,15,22H,5-6,14H2,1-4H3,(H,27,32)(H,28,31). The van der Waals surface area contributed by atoms with Gasteiger partial charge in [0.25, 0.3) is 11.8 Å². The number of amides is 3. The minimum atomic E-state index is -0.796. The van der Waals surface area contributed by atoms with E-state index in [9.17, 15) is 14.4 Å². The van der Waals surface area contributed by atoms with Gasteiger partial charge in [-0.25, -0.2) is 0 Å². The fraction of sp³-hybridized carbons (Fsp3) is 0.375. The van der Waals surface area contributed by atoms with Crippen LogP contribution in [0.3, 0.4) is 0 Å². The molecule has 7 nitrogen and oxygen atoms in total. The summed E-state index contributed by atoms with van der Waals surface area (Å²) in [6.07, 6.45) is 0. The SMILES string of the molecule is CCN(CC)C(=O)COc1ccc(NC(=O)C(NC(=O)c2ccccc2Cl)C(C)C)cc1Cl. The minimum absolute atomic E-state index is 0.128. The van der Waals surface area contributed by atoms with Crippen molar-refractivity contribution < 1.29 is 19.1 Å². The molecule has 2 aromatic rings. The zero-order chi connectivity index (χ0) is 24.5. The lowest BCUT2D eigenvalue weighted by atomic mass is 10.0. The molecular weight excluding hydrogens is 465 g/mol. The van der Waals surface area contributed by atoms with Crippen LogP contribution in [0.4, 0.5) is 5.69 Å². The molecule has 2 aromatic carbocycles. The van der Waals surface area contributed by atoms with Gasteiger partial charge in [-0.3, -0.25) is 14.4 Å². The van der Waals surface area contributed by atoms with Crippen molar-refractivity contribution in [1.29, 1.82) is 0 Å². The molecule has 0 saturated heterocycles. The van der Waals surface area contributed by atoms with Gasteiger partial charge in [0.2, 0.25) is 5.91 Å². The van der Waals surface area contributed by atoms with E-state index < -0.39 is 17.9 Å². The number of anilines is 1. The summed E-state index contributed by atoms with van der Waals surface area (Å²) in [4.78, 5) is 39.3. The highest BCUT2D eigenvalue weighted by molar-refractivity contribution is 6.34. The fourth-order valence-corrected chi connectivity index (χ4v) is 3.58. The highest BCUT2D eigenvalue weighted by Crippen LogP contribution is 2.28. The third kappa shape index (κ3) is 7.37. The number of nitrogens with one attached hydrogen (secondary N) is 2. The monoisotopic (exact) mass is 493 g/mol. The zero-order valence-electron chi connectivity index (χ0n) is 19.2. The van der Waals surface area contributed by atoms with Crippen LogP contribution in [0.2, 0.25) is 10.0 Å². The summed E-state index contributed by atoms with van der Waals surface area (Å²) in [5, 5.41) is 6.06. The Morgan fingerprint density at radius 3 is 2.24 bits per heavy atom. The van der Waals surface area contributed by atoms with Gasteiger partial charge in [-0.05, 0) is 50.1 Å². The molecule has 2 N–H and O–H groups in total. The van der Waals surface area contributed by atoms with E-state index in [0.29, 0.717) is 35.1 Å². The smallest absolute Gasteiger partial charge is 0.260 e. The molecule has 0 bridgehead atoms. The summed E-state index contributed by atoms with van der Waals surface area (Å²) in [6.45, 7) is 8.52. The van der Waals surface area contributed by atoms with E-state index in [2.05, 4.69) is 10.6 Å². The second kappa shape index (κ2) is 12.5. The molecule has 0 aromatic heterocycles. The third-order valence-electron chi connectivity index (χ3n) is 5.02. The molecule has 1 unspecified atom stereocenters. The van der Waals surface area contributed by atoms with Crippen molar-refractivity contribution in [1.82, 2.24) is 10.2 Å². The Bertz CT molecular complexity index is 993. The first kappa shape index (κ1) is 26.5. The van der Waals surface area contributed by atoms with Gasteiger partial charge in [-0.1, -0.05) is 49.2 Å². The quantitative estimate of drug-likeness (QED) is 0.504. The number of hydrogen-bond donors (Lipinski definition) is 2. The molecule has 178 valence electrons. The molecule has 0 aliphatic rings. The first-order valence-electron chi connectivity index (χ1n) is 10.7. The third-order valence-corrected chi connectivity index (χ3v) is 5.65. The van der Waals surface area contributed by atoms with E-state index in [1.807, 2.05) is 27.7 Å². The summed E-state index contributed by atoms with van der Waals surface area (Å²) in [7, 11) is 0. The number of halogens is 2.